The van der Waals surface area contributed by atoms with Crippen LogP contribution in [-0.2, 0) is 53.1 Å². The summed E-state index contributed by atoms with van der Waals surface area (Å²) in [6, 6.07) is 49.0. The first kappa shape index (κ1) is 46.8. The van der Waals surface area contributed by atoms with E-state index >= 15 is 4.39 Å². The summed E-state index contributed by atoms with van der Waals surface area (Å²) in [4.78, 5) is 44.6. The van der Waals surface area contributed by atoms with E-state index in [2.05, 4.69) is 5.32 Å². The van der Waals surface area contributed by atoms with Crippen molar-refractivity contribution in [3.8, 4) is 40.1 Å². The maximum absolute atomic E-state index is 16.4. The number of hydrogen-bond acceptors (Lipinski definition) is 10. The molecule has 1 saturated heterocycles. The van der Waals surface area contributed by atoms with Crippen molar-refractivity contribution in [3.05, 3.63) is 202 Å². The highest BCUT2D eigenvalue weighted by atomic mass is 32.2. The molecular weight excluding hydrogens is 940 g/mol. The third-order valence-electron chi connectivity index (χ3n) is 12.1. The molecule has 10 rings (SSSR count). The summed E-state index contributed by atoms with van der Waals surface area (Å²) in [5.41, 5.74) is 6.10. The van der Waals surface area contributed by atoms with E-state index < -0.39 is 34.2 Å². The molecule has 15 nitrogen and oxygen atoms in total. The Balaban J connectivity index is 0.893. The van der Waals surface area contributed by atoms with Gasteiger partial charge in [-0.2, -0.15) is 13.4 Å². The van der Waals surface area contributed by atoms with E-state index in [9.17, 15) is 22.8 Å². The fraction of sp³-hybridized carbons (Fsp3) is 0.127. The van der Waals surface area contributed by atoms with Gasteiger partial charge in [0.25, 0.3) is 5.91 Å². The molecule has 1 fully saturated rings. The SMILES string of the molecule is COc1cc(CC(=O)Nc2ccc3c(F)c(N4CC(=O)NS4(=O)=O)c(OCc4ccccc4)cc3c2)ccc1-c1ccc2c(c1)n(C)c(=O)n2-c1ccc(OCc2ccccc2)nc1OCc1ccccc1. The number of anilines is 2. The van der Waals surface area contributed by atoms with Crippen LogP contribution in [0.4, 0.5) is 15.8 Å². The zero-order valence-electron chi connectivity index (χ0n) is 38.9. The Kier molecular flexibility index (Phi) is 12.9. The normalized spacial score (nSPS) is 13.0. The minimum atomic E-state index is -4.38. The van der Waals surface area contributed by atoms with Gasteiger partial charge in [-0.25, -0.2) is 18.2 Å². The fourth-order valence-electron chi connectivity index (χ4n) is 8.57. The molecule has 0 atom stereocenters. The van der Waals surface area contributed by atoms with Gasteiger partial charge in [-0.15, -0.1) is 0 Å². The lowest BCUT2D eigenvalue weighted by Crippen LogP contribution is -2.30. The summed E-state index contributed by atoms with van der Waals surface area (Å²) in [7, 11) is -1.14. The third-order valence-corrected chi connectivity index (χ3v) is 13.5. The fourth-order valence-corrected chi connectivity index (χ4v) is 9.73. The molecule has 0 bridgehead atoms. The van der Waals surface area contributed by atoms with Crippen LogP contribution < -0.4 is 39.0 Å². The van der Waals surface area contributed by atoms with Crippen LogP contribution in [0.15, 0.2) is 169 Å². The number of amides is 2. The van der Waals surface area contributed by atoms with Crippen LogP contribution in [0.3, 0.4) is 0 Å². The zero-order valence-corrected chi connectivity index (χ0v) is 39.7. The molecule has 0 saturated carbocycles. The first-order valence-corrected chi connectivity index (χ1v) is 24.2. The molecule has 17 heteroatoms. The highest BCUT2D eigenvalue weighted by Gasteiger charge is 2.38. The van der Waals surface area contributed by atoms with E-state index in [-0.39, 0.29) is 48.2 Å². The predicted octanol–water partition coefficient (Wildman–Crippen LogP) is 8.79. The first-order valence-electron chi connectivity index (χ1n) is 22.7. The summed E-state index contributed by atoms with van der Waals surface area (Å²) >= 11 is 0. The maximum Gasteiger partial charge on any atom is 0.333 e. The van der Waals surface area contributed by atoms with Crippen LogP contribution in [-0.4, -0.2) is 48.0 Å². The number of aryl methyl sites for hydroxylation is 1. The van der Waals surface area contributed by atoms with Crippen LogP contribution in [0.5, 0.6) is 23.3 Å². The first-order chi connectivity index (χ1) is 34.9. The highest BCUT2D eigenvalue weighted by molar-refractivity contribution is 7.92. The Hall–Kier alpha value is -8.96. The van der Waals surface area contributed by atoms with Crippen molar-refractivity contribution in [2.75, 3.05) is 23.3 Å². The van der Waals surface area contributed by atoms with Crippen molar-refractivity contribution in [2.24, 2.45) is 7.05 Å². The van der Waals surface area contributed by atoms with E-state index in [1.54, 1.807) is 64.7 Å². The van der Waals surface area contributed by atoms with Crippen molar-refractivity contribution in [1.82, 2.24) is 18.8 Å². The van der Waals surface area contributed by atoms with Gasteiger partial charge in [0.2, 0.25) is 17.7 Å². The van der Waals surface area contributed by atoms with Gasteiger partial charge in [-0.3, -0.25) is 18.7 Å². The molecule has 362 valence electrons. The standard InChI is InChI=1S/C55H45FN6O9S/c1-60-46-29-39(19-23-44(46)62(55(60)65)45-24-25-51(70-33-36-14-8-4-9-15-36)58-54(45)71-34-37-16-10-5-11-17-37)42-21-18-38(26-47(42)68-2)27-49(63)57-41-20-22-43-40(28-41)30-48(69-32-35-12-6-3-7-13-35)53(52(43)56)61-31-50(64)59-72(61,66)67/h3-26,28-30H,27,31-34H2,1-2H3,(H,57,63)(H,59,64). The highest BCUT2D eigenvalue weighted by Crippen LogP contribution is 2.41. The maximum atomic E-state index is 16.4. The molecule has 2 amide bonds. The molecule has 9 aromatic rings. The van der Waals surface area contributed by atoms with Gasteiger partial charge in [0, 0.05) is 29.8 Å². The smallest absolute Gasteiger partial charge is 0.333 e. The van der Waals surface area contributed by atoms with Crippen LogP contribution in [0.1, 0.15) is 22.3 Å². The van der Waals surface area contributed by atoms with Gasteiger partial charge >= 0.3 is 15.9 Å². The number of imidazole rings is 1. The number of nitrogens with zero attached hydrogens (tertiary/aromatic N) is 4. The van der Waals surface area contributed by atoms with Crippen molar-refractivity contribution in [2.45, 2.75) is 26.2 Å². The number of hydrogen-bond donors (Lipinski definition) is 2. The van der Waals surface area contributed by atoms with Gasteiger partial charge < -0.3 is 24.3 Å². The number of halogens is 1. The number of ether oxygens (including phenoxy) is 4. The van der Waals surface area contributed by atoms with E-state index in [1.807, 2.05) is 102 Å². The van der Waals surface area contributed by atoms with Crippen LogP contribution >= 0.6 is 0 Å². The molecule has 0 unspecified atom stereocenters. The van der Waals surface area contributed by atoms with E-state index in [0.717, 1.165) is 27.8 Å². The van der Waals surface area contributed by atoms with Crippen molar-refractivity contribution in [3.63, 3.8) is 0 Å². The quantitative estimate of drug-likeness (QED) is 0.0954. The third kappa shape index (κ3) is 9.65. The minimum absolute atomic E-state index is 0.0131. The lowest BCUT2D eigenvalue weighted by molar-refractivity contribution is -0.117. The molecule has 1 aliphatic rings. The Bertz CT molecular complexity index is 3700. The molecule has 72 heavy (non-hydrogen) atoms. The molecule has 3 heterocycles. The van der Waals surface area contributed by atoms with Gasteiger partial charge in [-0.05, 0) is 81.7 Å². The number of carbonyl (C=O) groups excluding carboxylic acids is 2. The molecule has 7 aromatic carbocycles. The van der Waals surface area contributed by atoms with Crippen molar-refractivity contribution in [1.29, 1.82) is 0 Å². The molecule has 0 radical (unpaired) electrons. The summed E-state index contributed by atoms with van der Waals surface area (Å²) in [5, 5.41) is 3.24. The van der Waals surface area contributed by atoms with E-state index in [4.69, 9.17) is 23.9 Å². The average Bonchev–Trinajstić information content (AvgIpc) is 3.81. The number of rotatable bonds is 16. The van der Waals surface area contributed by atoms with E-state index in [1.165, 1.54) is 25.3 Å². The van der Waals surface area contributed by atoms with Crippen LogP contribution in [0, 0.1) is 5.82 Å². The average molecular weight is 985 g/mol. The Morgan fingerprint density at radius 3 is 2.03 bits per heavy atom. The van der Waals surface area contributed by atoms with Crippen molar-refractivity contribution < 1.29 is 41.3 Å². The predicted molar refractivity (Wildman–Crippen MR) is 271 cm³/mol. The summed E-state index contributed by atoms with van der Waals surface area (Å²) in [5.74, 6) is -1.14. The second-order valence-corrected chi connectivity index (χ2v) is 18.5. The Morgan fingerprint density at radius 1 is 0.708 bits per heavy atom. The molecule has 1 aliphatic heterocycles. The minimum Gasteiger partial charge on any atom is -0.496 e. The number of aromatic nitrogens is 3. The summed E-state index contributed by atoms with van der Waals surface area (Å²) in [6.45, 7) is -0.124. The van der Waals surface area contributed by atoms with Gasteiger partial charge in [0.05, 0.1) is 24.6 Å². The molecule has 2 N–H and O–H groups in total. The number of benzene rings is 7. The second-order valence-electron chi connectivity index (χ2n) is 16.9. The van der Waals surface area contributed by atoms with Gasteiger partial charge in [0.15, 0.2) is 5.82 Å². The topological polar surface area (TPSA) is 172 Å². The monoisotopic (exact) mass is 984 g/mol. The summed E-state index contributed by atoms with van der Waals surface area (Å²) < 4.78 is 72.0. The van der Waals surface area contributed by atoms with Gasteiger partial charge in [0.1, 0.15) is 49.2 Å². The number of pyridine rings is 1. The van der Waals surface area contributed by atoms with Crippen LogP contribution in [0.25, 0.3) is 38.6 Å². The lowest BCUT2D eigenvalue weighted by atomic mass is 10.0. The molecule has 0 aliphatic carbocycles. The Morgan fingerprint density at radius 2 is 1.38 bits per heavy atom. The molecule has 0 spiro atoms. The van der Waals surface area contributed by atoms with Gasteiger partial charge in [-0.1, -0.05) is 109 Å². The second kappa shape index (κ2) is 19.8. The summed E-state index contributed by atoms with van der Waals surface area (Å²) in [6.07, 6.45) is -0.0452. The molecule has 2 aromatic heterocycles. The van der Waals surface area contributed by atoms with Crippen LogP contribution in [0.2, 0.25) is 0 Å². The number of methoxy groups -OCH3 is 1. The lowest BCUT2D eigenvalue weighted by Gasteiger charge is -2.21. The number of nitrogens with one attached hydrogen (secondary N) is 2. The van der Waals surface area contributed by atoms with E-state index in [0.29, 0.717) is 55.9 Å². The Labute approximate surface area is 412 Å². The zero-order chi connectivity index (χ0) is 49.9. The molecular formula is C55H45FN6O9S. The largest absolute Gasteiger partial charge is 0.496 e. The number of carbonyl (C=O) groups is 2. The van der Waals surface area contributed by atoms with Crippen molar-refractivity contribution >= 4 is 55.2 Å². The number of fused-ring (bicyclic) bond motifs is 2.